The van der Waals surface area contributed by atoms with E-state index in [1.165, 1.54) is 15.0 Å². The van der Waals surface area contributed by atoms with Gasteiger partial charge in [-0.2, -0.15) is 0 Å². The molecule has 7 heteroatoms. The van der Waals surface area contributed by atoms with Crippen LogP contribution >= 0.6 is 24.0 Å². The molecule has 0 aliphatic rings. The highest BCUT2D eigenvalue weighted by Crippen LogP contribution is 2.17. The second kappa shape index (κ2) is 7.88. The molecule has 5 nitrogen and oxygen atoms in total. The summed E-state index contributed by atoms with van der Waals surface area (Å²) in [5.41, 5.74) is 2.12. The van der Waals surface area contributed by atoms with Gasteiger partial charge in [0.05, 0.1) is 10.9 Å². The highest BCUT2D eigenvalue weighted by Gasteiger charge is 2.09. The minimum Gasteiger partial charge on any atom is -0.351 e. The first-order chi connectivity index (χ1) is 12.5. The standard InChI is InChI=1S/C19H19N3O2S2/c1-12-3-6-14(7-4-12)26-10-9-20-17(23)13-5-8-15-16(11-13)21-19(25)22(2)18(15)24/h3-8,11H,9-10H2,1-2H3,(H,20,23)(H,21,25). The van der Waals surface area contributed by atoms with E-state index < -0.39 is 0 Å². The Kier molecular flexibility index (Phi) is 5.58. The van der Waals surface area contributed by atoms with Crippen molar-refractivity contribution < 1.29 is 4.79 Å². The Labute approximate surface area is 160 Å². The molecule has 3 rings (SSSR count). The van der Waals surface area contributed by atoms with Crippen molar-refractivity contribution in [1.29, 1.82) is 0 Å². The lowest BCUT2D eigenvalue weighted by atomic mass is 10.1. The number of fused-ring (bicyclic) bond motifs is 1. The minimum absolute atomic E-state index is 0.170. The van der Waals surface area contributed by atoms with Crippen molar-refractivity contribution >= 4 is 40.8 Å². The van der Waals surface area contributed by atoms with Crippen LogP contribution in [0.5, 0.6) is 0 Å². The van der Waals surface area contributed by atoms with E-state index >= 15 is 0 Å². The van der Waals surface area contributed by atoms with E-state index in [2.05, 4.69) is 41.5 Å². The lowest BCUT2D eigenvalue weighted by Crippen LogP contribution is -2.26. The number of aryl methyl sites for hydroxylation is 1. The molecule has 0 atom stereocenters. The monoisotopic (exact) mass is 385 g/mol. The number of thioether (sulfide) groups is 1. The van der Waals surface area contributed by atoms with Gasteiger partial charge in [-0.15, -0.1) is 11.8 Å². The molecule has 26 heavy (non-hydrogen) atoms. The van der Waals surface area contributed by atoms with Gasteiger partial charge in [0.1, 0.15) is 0 Å². The molecule has 1 amide bonds. The van der Waals surface area contributed by atoms with Gasteiger partial charge < -0.3 is 10.3 Å². The van der Waals surface area contributed by atoms with Crippen LogP contribution < -0.4 is 10.9 Å². The van der Waals surface area contributed by atoms with Crippen molar-refractivity contribution in [2.24, 2.45) is 7.05 Å². The third-order valence-electron chi connectivity index (χ3n) is 4.04. The zero-order chi connectivity index (χ0) is 18.7. The number of hydrogen-bond donors (Lipinski definition) is 2. The van der Waals surface area contributed by atoms with Gasteiger partial charge in [-0.1, -0.05) is 17.7 Å². The van der Waals surface area contributed by atoms with Gasteiger partial charge in [-0.25, -0.2) is 0 Å². The van der Waals surface area contributed by atoms with E-state index in [-0.39, 0.29) is 11.5 Å². The van der Waals surface area contributed by atoms with Crippen LogP contribution in [0.1, 0.15) is 15.9 Å². The lowest BCUT2D eigenvalue weighted by molar-refractivity contribution is 0.0956. The first-order valence-corrected chi connectivity index (χ1v) is 9.56. The summed E-state index contributed by atoms with van der Waals surface area (Å²) < 4.78 is 1.70. The molecule has 3 aromatic rings. The van der Waals surface area contributed by atoms with Gasteiger partial charge in [0, 0.05) is 29.8 Å². The van der Waals surface area contributed by atoms with Crippen molar-refractivity contribution in [2.75, 3.05) is 12.3 Å². The molecule has 0 unspecified atom stereocenters. The highest BCUT2D eigenvalue weighted by atomic mass is 32.2. The number of benzene rings is 2. The molecule has 1 aromatic heterocycles. The Morgan fingerprint density at radius 2 is 1.96 bits per heavy atom. The summed E-state index contributed by atoms with van der Waals surface area (Å²) in [6, 6.07) is 13.3. The first kappa shape index (κ1) is 18.4. The van der Waals surface area contributed by atoms with Crippen LogP contribution in [0.15, 0.2) is 52.2 Å². The molecule has 2 aromatic carbocycles. The number of carbonyl (C=O) groups excluding carboxylic acids is 1. The molecule has 0 saturated heterocycles. The molecule has 1 heterocycles. The third-order valence-corrected chi connectivity index (χ3v) is 5.43. The van der Waals surface area contributed by atoms with Crippen LogP contribution in [0.3, 0.4) is 0 Å². The van der Waals surface area contributed by atoms with E-state index in [1.54, 1.807) is 37.0 Å². The van der Waals surface area contributed by atoms with E-state index in [1.807, 2.05) is 0 Å². The summed E-state index contributed by atoms with van der Waals surface area (Å²) >= 11 is 6.82. The van der Waals surface area contributed by atoms with Crippen molar-refractivity contribution in [2.45, 2.75) is 11.8 Å². The number of nitrogens with zero attached hydrogens (tertiary/aromatic N) is 1. The Morgan fingerprint density at radius 1 is 1.23 bits per heavy atom. The average molecular weight is 386 g/mol. The van der Waals surface area contributed by atoms with Crippen LogP contribution in [0.25, 0.3) is 10.9 Å². The van der Waals surface area contributed by atoms with Crippen molar-refractivity contribution in [3.05, 3.63) is 68.7 Å². The number of H-pyrrole nitrogens is 1. The molecule has 0 bridgehead atoms. The predicted molar refractivity (Wildman–Crippen MR) is 109 cm³/mol. The van der Waals surface area contributed by atoms with Gasteiger partial charge in [-0.05, 0) is 49.5 Å². The fourth-order valence-corrected chi connectivity index (χ4v) is 3.48. The fourth-order valence-electron chi connectivity index (χ4n) is 2.52. The number of aromatic amines is 1. The van der Waals surface area contributed by atoms with Crippen LogP contribution in [0, 0.1) is 11.7 Å². The quantitative estimate of drug-likeness (QED) is 0.401. The van der Waals surface area contributed by atoms with Crippen LogP contribution in [0.4, 0.5) is 0 Å². The smallest absolute Gasteiger partial charge is 0.261 e. The number of rotatable bonds is 5. The van der Waals surface area contributed by atoms with E-state index in [0.717, 1.165) is 5.75 Å². The SMILES string of the molecule is Cc1ccc(SCCNC(=O)c2ccc3c(=O)n(C)c(=S)[nH]c3c2)cc1. The maximum absolute atomic E-state index is 12.3. The normalized spacial score (nSPS) is 10.8. The topological polar surface area (TPSA) is 66.9 Å². The van der Waals surface area contributed by atoms with Gasteiger partial charge in [-0.3, -0.25) is 14.2 Å². The number of amides is 1. The largest absolute Gasteiger partial charge is 0.351 e. The zero-order valence-corrected chi connectivity index (χ0v) is 16.2. The molecule has 134 valence electrons. The average Bonchev–Trinajstić information content (AvgIpc) is 2.64. The second-order valence-corrected chi connectivity index (χ2v) is 7.53. The fraction of sp³-hybridized carbons (Fsp3) is 0.211. The number of carbonyl (C=O) groups is 1. The third kappa shape index (κ3) is 4.05. The maximum atomic E-state index is 12.3. The predicted octanol–water partition coefficient (Wildman–Crippen LogP) is 3.43. The summed E-state index contributed by atoms with van der Waals surface area (Å²) in [5, 5.41) is 3.41. The number of nitrogens with one attached hydrogen (secondary N) is 2. The first-order valence-electron chi connectivity index (χ1n) is 8.16. The molecular weight excluding hydrogens is 366 g/mol. The Bertz CT molecular complexity index is 1070. The minimum atomic E-state index is -0.176. The van der Waals surface area contributed by atoms with Crippen LogP contribution in [-0.2, 0) is 7.05 Å². The summed E-state index contributed by atoms with van der Waals surface area (Å²) in [6.45, 7) is 2.61. The molecular formula is C19H19N3O2S2. The summed E-state index contributed by atoms with van der Waals surface area (Å²) in [4.78, 5) is 28.7. The molecule has 0 radical (unpaired) electrons. The summed E-state index contributed by atoms with van der Waals surface area (Å²) in [6.07, 6.45) is 0. The van der Waals surface area contributed by atoms with Crippen molar-refractivity contribution in [3.8, 4) is 0 Å². The van der Waals surface area contributed by atoms with Crippen LogP contribution in [-0.4, -0.2) is 27.8 Å². The lowest BCUT2D eigenvalue weighted by Gasteiger charge is -2.07. The molecule has 0 saturated carbocycles. The second-order valence-electron chi connectivity index (χ2n) is 5.97. The number of aromatic nitrogens is 2. The maximum Gasteiger partial charge on any atom is 0.261 e. The number of hydrogen-bond acceptors (Lipinski definition) is 4. The van der Waals surface area contributed by atoms with Crippen molar-refractivity contribution in [1.82, 2.24) is 14.9 Å². The Morgan fingerprint density at radius 3 is 2.69 bits per heavy atom. The highest BCUT2D eigenvalue weighted by molar-refractivity contribution is 7.99. The molecule has 0 aliphatic carbocycles. The molecule has 0 spiro atoms. The van der Waals surface area contributed by atoms with Crippen LogP contribution in [0.2, 0.25) is 0 Å². The van der Waals surface area contributed by atoms with Gasteiger partial charge in [0.15, 0.2) is 4.77 Å². The van der Waals surface area contributed by atoms with Gasteiger partial charge >= 0.3 is 0 Å². The molecule has 0 aliphatic heterocycles. The Hall–Kier alpha value is -2.38. The van der Waals surface area contributed by atoms with Crippen molar-refractivity contribution in [3.63, 3.8) is 0 Å². The zero-order valence-electron chi connectivity index (χ0n) is 14.5. The van der Waals surface area contributed by atoms with E-state index in [4.69, 9.17) is 12.2 Å². The van der Waals surface area contributed by atoms with E-state index in [9.17, 15) is 9.59 Å². The molecule has 2 N–H and O–H groups in total. The van der Waals surface area contributed by atoms with Gasteiger partial charge in [0.25, 0.3) is 11.5 Å². The molecule has 0 fully saturated rings. The summed E-state index contributed by atoms with van der Waals surface area (Å²) in [7, 11) is 1.62. The summed E-state index contributed by atoms with van der Waals surface area (Å²) in [5.74, 6) is 0.613. The van der Waals surface area contributed by atoms with E-state index in [0.29, 0.717) is 27.8 Å². The van der Waals surface area contributed by atoms with Gasteiger partial charge in [0.2, 0.25) is 0 Å². The Balaban J connectivity index is 1.64.